The van der Waals surface area contributed by atoms with Gasteiger partial charge in [0.1, 0.15) is 0 Å². The van der Waals surface area contributed by atoms with Crippen LogP contribution in [-0.4, -0.2) is 17.6 Å². The highest BCUT2D eigenvalue weighted by atomic mass is 32.1. The van der Waals surface area contributed by atoms with E-state index in [1.807, 2.05) is 0 Å². The molecule has 2 nitrogen and oxygen atoms in total. The van der Waals surface area contributed by atoms with Crippen LogP contribution in [0.25, 0.3) is 0 Å². The van der Waals surface area contributed by atoms with Crippen molar-refractivity contribution in [2.24, 2.45) is 5.73 Å². The highest BCUT2D eigenvalue weighted by Crippen LogP contribution is 2.16. The Morgan fingerprint density at radius 1 is 1.14 bits per heavy atom. The molecule has 0 spiro atoms. The number of hydrogen-bond acceptors (Lipinski definition) is 2. The van der Waals surface area contributed by atoms with E-state index in [1.54, 1.807) is 0 Å². The van der Waals surface area contributed by atoms with Crippen LogP contribution in [0.1, 0.15) is 51.4 Å². The van der Waals surface area contributed by atoms with E-state index in [9.17, 15) is 0 Å². The number of nitrogens with one attached hydrogen (secondary N) is 1. The molecule has 3 N–H and O–H groups in total. The molecule has 82 valence electrons. The highest BCUT2D eigenvalue weighted by molar-refractivity contribution is 7.80. The molecule has 0 saturated heterocycles. The van der Waals surface area contributed by atoms with Crippen LogP contribution >= 0.6 is 12.2 Å². The second kappa shape index (κ2) is 7.18. The van der Waals surface area contributed by atoms with Gasteiger partial charge in [0.25, 0.3) is 0 Å². The van der Waals surface area contributed by atoms with Crippen LogP contribution < -0.4 is 11.1 Å². The minimum atomic E-state index is 0.628. The monoisotopic (exact) mass is 214 g/mol. The average Bonchev–Trinajstić information content (AvgIpc) is 2.07. The molecule has 0 heterocycles. The summed E-state index contributed by atoms with van der Waals surface area (Å²) in [6.45, 7) is 0.958. The molecule has 0 aromatic heterocycles. The van der Waals surface area contributed by atoms with Crippen molar-refractivity contribution in [2.45, 2.75) is 57.4 Å². The van der Waals surface area contributed by atoms with Crippen molar-refractivity contribution >= 4 is 17.2 Å². The lowest BCUT2D eigenvalue weighted by Crippen LogP contribution is -2.32. The van der Waals surface area contributed by atoms with Crippen molar-refractivity contribution in [3.05, 3.63) is 0 Å². The molecule has 1 aliphatic carbocycles. The van der Waals surface area contributed by atoms with Gasteiger partial charge in [-0.15, -0.1) is 0 Å². The first-order valence-corrected chi connectivity index (χ1v) is 6.21. The van der Waals surface area contributed by atoms with Crippen LogP contribution in [0.3, 0.4) is 0 Å². The van der Waals surface area contributed by atoms with E-state index in [0.29, 0.717) is 11.0 Å². The molecule has 1 aliphatic rings. The lowest BCUT2D eigenvalue weighted by Gasteiger charge is -2.20. The molecule has 0 aromatic rings. The molecule has 14 heavy (non-hydrogen) atoms. The van der Waals surface area contributed by atoms with Crippen molar-refractivity contribution in [3.63, 3.8) is 0 Å². The standard InChI is InChI=1S/C11H22N2S/c12-11(14)8-9-13-10-6-4-2-1-3-5-7-10/h10,13H,1-9H2,(H2,12,14). The maximum atomic E-state index is 5.46. The van der Waals surface area contributed by atoms with Gasteiger partial charge < -0.3 is 11.1 Å². The Balaban J connectivity index is 2.10. The largest absolute Gasteiger partial charge is 0.393 e. The van der Waals surface area contributed by atoms with E-state index in [2.05, 4.69) is 5.32 Å². The maximum absolute atomic E-state index is 5.46. The van der Waals surface area contributed by atoms with E-state index in [0.717, 1.165) is 13.0 Å². The summed E-state index contributed by atoms with van der Waals surface area (Å²) >= 11 is 4.85. The molecule has 0 aliphatic heterocycles. The zero-order chi connectivity index (χ0) is 10.2. The van der Waals surface area contributed by atoms with E-state index >= 15 is 0 Å². The van der Waals surface area contributed by atoms with Crippen LogP contribution in [-0.2, 0) is 0 Å². The van der Waals surface area contributed by atoms with Gasteiger partial charge in [-0.05, 0) is 12.8 Å². The summed E-state index contributed by atoms with van der Waals surface area (Å²) < 4.78 is 0. The van der Waals surface area contributed by atoms with Crippen molar-refractivity contribution < 1.29 is 0 Å². The lowest BCUT2D eigenvalue weighted by molar-refractivity contribution is 0.394. The van der Waals surface area contributed by atoms with Crippen molar-refractivity contribution in [2.75, 3.05) is 6.54 Å². The van der Waals surface area contributed by atoms with Gasteiger partial charge in [-0.1, -0.05) is 44.3 Å². The first-order chi connectivity index (χ1) is 6.79. The molecule has 0 amide bonds. The summed E-state index contributed by atoms with van der Waals surface area (Å²) in [6.07, 6.45) is 10.5. The molecular weight excluding hydrogens is 192 g/mol. The summed E-state index contributed by atoms with van der Waals surface area (Å²) in [7, 11) is 0. The van der Waals surface area contributed by atoms with Crippen LogP contribution in [0.5, 0.6) is 0 Å². The molecule has 0 bridgehead atoms. The fourth-order valence-electron chi connectivity index (χ4n) is 2.06. The number of thiocarbonyl (C=S) groups is 1. The molecular formula is C11H22N2S. The Kier molecular flexibility index (Phi) is 6.12. The Morgan fingerprint density at radius 3 is 2.29 bits per heavy atom. The van der Waals surface area contributed by atoms with Gasteiger partial charge in [0, 0.05) is 19.0 Å². The zero-order valence-electron chi connectivity index (χ0n) is 8.93. The zero-order valence-corrected chi connectivity index (χ0v) is 9.74. The quantitative estimate of drug-likeness (QED) is 0.706. The fourth-order valence-corrected chi connectivity index (χ4v) is 2.16. The number of rotatable bonds is 4. The predicted molar refractivity (Wildman–Crippen MR) is 65.5 cm³/mol. The number of hydrogen-bond donors (Lipinski definition) is 2. The van der Waals surface area contributed by atoms with Crippen molar-refractivity contribution in [1.29, 1.82) is 0 Å². The topological polar surface area (TPSA) is 38.0 Å². The van der Waals surface area contributed by atoms with E-state index in [-0.39, 0.29) is 0 Å². The summed E-state index contributed by atoms with van der Waals surface area (Å²) in [4.78, 5) is 0.628. The third-order valence-electron chi connectivity index (χ3n) is 2.91. The number of nitrogens with two attached hydrogens (primary N) is 1. The fraction of sp³-hybridized carbons (Fsp3) is 0.909. The summed E-state index contributed by atoms with van der Waals surface area (Å²) in [5, 5.41) is 3.55. The minimum absolute atomic E-state index is 0.628. The van der Waals surface area contributed by atoms with E-state index in [4.69, 9.17) is 18.0 Å². The van der Waals surface area contributed by atoms with Gasteiger partial charge in [-0.25, -0.2) is 0 Å². The average molecular weight is 214 g/mol. The summed E-state index contributed by atoms with van der Waals surface area (Å²) in [6, 6.07) is 0.713. The molecule has 1 fully saturated rings. The molecule has 0 aromatic carbocycles. The first-order valence-electron chi connectivity index (χ1n) is 5.81. The van der Waals surface area contributed by atoms with Crippen molar-refractivity contribution in [3.8, 4) is 0 Å². The van der Waals surface area contributed by atoms with Gasteiger partial charge in [-0.2, -0.15) is 0 Å². The van der Waals surface area contributed by atoms with Crippen molar-refractivity contribution in [1.82, 2.24) is 5.32 Å². The molecule has 0 radical (unpaired) electrons. The van der Waals surface area contributed by atoms with E-state index < -0.39 is 0 Å². The smallest absolute Gasteiger partial charge is 0.0740 e. The lowest BCUT2D eigenvalue weighted by atomic mass is 9.97. The third kappa shape index (κ3) is 5.55. The third-order valence-corrected chi connectivity index (χ3v) is 3.11. The second-order valence-corrected chi connectivity index (χ2v) is 4.74. The predicted octanol–water partition coefficient (Wildman–Crippen LogP) is 2.37. The van der Waals surface area contributed by atoms with Gasteiger partial charge in [0.05, 0.1) is 4.99 Å². The molecule has 0 atom stereocenters. The molecule has 0 unspecified atom stereocenters. The molecule has 3 heteroatoms. The summed E-state index contributed by atoms with van der Waals surface area (Å²) in [5.41, 5.74) is 5.46. The Hall–Kier alpha value is -0.150. The molecule has 1 saturated carbocycles. The van der Waals surface area contributed by atoms with Crippen LogP contribution in [0.15, 0.2) is 0 Å². The van der Waals surface area contributed by atoms with E-state index in [1.165, 1.54) is 44.9 Å². The van der Waals surface area contributed by atoms with Crippen LogP contribution in [0.2, 0.25) is 0 Å². The SMILES string of the molecule is NC(=S)CCNC1CCCCCCC1. The van der Waals surface area contributed by atoms with Gasteiger partial charge in [0.2, 0.25) is 0 Å². The first kappa shape index (κ1) is 11.9. The Labute approximate surface area is 92.6 Å². The van der Waals surface area contributed by atoms with Gasteiger partial charge in [-0.3, -0.25) is 0 Å². The minimum Gasteiger partial charge on any atom is -0.393 e. The maximum Gasteiger partial charge on any atom is 0.0740 e. The second-order valence-electron chi connectivity index (χ2n) is 4.21. The highest BCUT2D eigenvalue weighted by Gasteiger charge is 2.09. The van der Waals surface area contributed by atoms with Gasteiger partial charge >= 0.3 is 0 Å². The Morgan fingerprint density at radius 2 is 1.71 bits per heavy atom. The van der Waals surface area contributed by atoms with Gasteiger partial charge in [0.15, 0.2) is 0 Å². The normalized spacial score (nSPS) is 20.0. The van der Waals surface area contributed by atoms with Crippen LogP contribution in [0.4, 0.5) is 0 Å². The Bertz CT molecular complexity index is 163. The molecule has 1 rings (SSSR count). The van der Waals surface area contributed by atoms with Crippen LogP contribution in [0, 0.1) is 0 Å². The summed E-state index contributed by atoms with van der Waals surface area (Å²) in [5.74, 6) is 0.